The van der Waals surface area contributed by atoms with Crippen molar-refractivity contribution in [1.29, 1.82) is 0 Å². The van der Waals surface area contributed by atoms with E-state index in [2.05, 4.69) is 0 Å². The first-order valence-electron chi connectivity index (χ1n) is 8.28. The van der Waals surface area contributed by atoms with Crippen LogP contribution in [0.15, 0.2) is 0 Å². The molecule has 2 aliphatic heterocycles. The van der Waals surface area contributed by atoms with Crippen molar-refractivity contribution in [3.8, 4) is 0 Å². The van der Waals surface area contributed by atoms with E-state index < -0.39 is 21.9 Å². The lowest BCUT2D eigenvalue weighted by molar-refractivity contribution is -0.159. The zero-order valence-electron chi connectivity index (χ0n) is 13.7. The molecule has 0 radical (unpaired) electrons. The number of amides is 1. The van der Waals surface area contributed by atoms with Gasteiger partial charge in [-0.25, -0.2) is 8.42 Å². The van der Waals surface area contributed by atoms with E-state index in [1.165, 1.54) is 0 Å². The van der Waals surface area contributed by atoms with Crippen LogP contribution in [-0.4, -0.2) is 80.4 Å². The summed E-state index contributed by atoms with van der Waals surface area (Å²) in [5, 5.41) is 0. The van der Waals surface area contributed by atoms with Crippen molar-refractivity contribution in [3.05, 3.63) is 0 Å². The van der Waals surface area contributed by atoms with Gasteiger partial charge in [0.2, 0.25) is 0 Å². The first-order chi connectivity index (χ1) is 10.9. The van der Waals surface area contributed by atoms with Crippen LogP contribution in [-0.2, 0) is 24.2 Å². The molecule has 1 unspecified atom stereocenters. The molecule has 0 saturated carbocycles. The minimum Gasteiger partial charge on any atom is -0.452 e. The number of carbonyl (C=O) groups excluding carboxylic acids is 2. The van der Waals surface area contributed by atoms with E-state index in [1.807, 2.05) is 0 Å². The number of hydrogen-bond donors (Lipinski definition) is 0. The number of hydrogen-bond acceptors (Lipinski definition) is 6. The lowest BCUT2D eigenvalue weighted by Crippen LogP contribution is -2.45. The quantitative estimate of drug-likeness (QED) is 0.669. The second kappa shape index (κ2) is 8.10. The van der Waals surface area contributed by atoms with Gasteiger partial charge in [-0.3, -0.25) is 14.5 Å². The van der Waals surface area contributed by atoms with Crippen molar-refractivity contribution in [1.82, 2.24) is 9.80 Å². The maximum absolute atomic E-state index is 12.3. The van der Waals surface area contributed by atoms with Crippen LogP contribution >= 0.6 is 0 Å². The molecule has 1 amide bonds. The molecule has 1 atom stereocenters. The fourth-order valence-electron chi connectivity index (χ4n) is 2.92. The third-order valence-electron chi connectivity index (χ3n) is 4.36. The van der Waals surface area contributed by atoms with E-state index in [-0.39, 0.29) is 24.0 Å². The first kappa shape index (κ1) is 18.2. The maximum atomic E-state index is 12.3. The number of nitrogens with zero attached hydrogens (tertiary/aromatic N) is 2. The van der Waals surface area contributed by atoms with Crippen LogP contribution < -0.4 is 0 Å². The Balaban J connectivity index is 1.76. The van der Waals surface area contributed by atoms with Gasteiger partial charge in [-0.05, 0) is 19.8 Å². The van der Waals surface area contributed by atoms with Crippen LogP contribution in [0, 0.1) is 0 Å². The Bertz CT molecular complexity index is 512. The molecule has 2 heterocycles. The molecule has 7 nitrogen and oxygen atoms in total. The van der Waals surface area contributed by atoms with E-state index in [1.54, 1.807) is 16.7 Å². The fourth-order valence-corrected chi connectivity index (χ4v) is 4.20. The summed E-state index contributed by atoms with van der Waals surface area (Å²) >= 11 is 0. The smallest absolute Gasteiger partial charge is 0.320 e. The molecule has 0 N–H and O–H groups in total. The number of carbonyl (C=O) groups is 2. The van der Waals surface area contributed by atoms with Gasteiger partial charge in [-0.1, -0.05) is 12.8 Å². The molecule has 8 heteroatoms. The molecule has 0 aromatic heterocycles. The van der Waals surface area contributed by atoms with Crippen LogP contribution in [0.3, 0.4) is 0 Å². The highest BCUT2D eigenvalue weighted by Crippen LogP contribution is 2.12. The largest absolute Gasteiger partial charge is 0.452 e. The predicted molar refractivity (Wildman–Crippen MR) is 85.7 cm³/mol. The van der Waals surface area contributed by atoms with Crippen molar-refractivity contribution in [2.75, 3.05) is 44.2 Å². The third kappa shape index (κ3) is 5.76. The Morgan fingerprint density at radius 2 is 1.57 bits per heavy atom. The van der Waals surface area contributed by atoms with Crippen molar-refractivity contribution in [2.45, 2.75) is 38.7 Å². The molecule has 2 fully saturated rings. The SMILES string of the molecule is CC(OC(=O)CN1CCS(=O)(=O)CC1)C(=O)N1CCCCCC1. The van der Waals surface area contributed by atoms with Gasteiger partial charge in [-0.2, -0.15) is 0 Å². The lowest BCUT2D eigenvalue weighted by Gasteiger charge is -2.27. The number of sulfone groups is 1. The zero-order chi connectivity index (χ0) is 16.9. The number of ether oxygens (including phenoxy) is 1. The predicted octanol–water partition coefficient (Wildman–Crippen LogP) is 0.0511. The van der Waals surface area contributed by atoms with E-state index in [0.29, 0.717) is 13.1 Å². The molecular weight excluding hydrogens is 320 g/mol. The van der Waals surface area contributed by atoms with Crippen LogP contribution in [0.4, 0.5) is 0 Å². The minimum atomic E-state index is -2.96. The molecule has 132 valence electrons. The summed E-state index contributed by atoms with van der Waals surface area (Å²) < 4.78 is 28.0. The van der Waals surface area contributed by atoms with Crippen molar-refractivity contribution >= 4 is 21.7 Å². The Morgan fingerprint density at radius 3 is 2.13 bits per heavy atom. The van der Waals surface area contributed by atoms with E-state index in [9.17, 15) is 18.0 Å². The van der Waals surface area contributed by atoms with Gasteiger partial charge >= 0.3 is 5.97 Å². The van der Waals surface area contributed by atoms with Crippen LogP contribution in [0.2, 0.25) is 0 Å². The van der Waals surface area contributed by atoms with Crippen LogP contribution in [0.5, 0.6) is 0 Å². The van der Waals surface area contributed by atoms with E-state index in [0.717, 1.165) is 38.8 Å². The van der Waals surface area contributed by atoms with E-state index >= 15 is 0 Å². The Kier molecular flexibility index (Phi) is 6.41. The average molecular weight is 346 g/mol. The van der Waals surface area contributed by atoms with Crippen LogP contribution in [0.25, 0.3) is 0 Å². The monoisotopic (exact) mass is 346 g/mol. The van der Waals surface area contributed by atoms with Gasteiger partial charge < -0.3 is 9.64 Å². The van der Waals surface area contributed by atoms with Gasteiger partial charge in [0.05, 0.1) is 18.1 Å². The topological polar surface area (TPSA) is 84.0 Å². The average Bonchev–Trinajstić information content (AvgIpc) is 2.77. The summed E-state index contributed by atoms with van der Waals surface area (Å²) in [4.78, 5) is 27.8. The summed E-state index contributed by atoms with van der Waals surface area (Å²) in [6.07, 6.45) is 3.48. The maximum Gasteiger partial charge on any atom is 0.320 e. The van der Waals surface area contributed by atoms with Crippen molar-refractivity contribution < 1.29 is 22.7 Å². The molecule has 2 saturated heterocycles. The van der Waals surface area contributed by atoms with E-state index in [4.69, 9.17) is 4.74 Å². The van der Waals surface area contributed by atoms with Gasteiger partial charge in [0.25, 0.3) is 5.91 Å². The molecule has 2 aliphatic rings. The molecule has 2 rings (SSSR count). The van der Waals surface area contributed by atoms with Crippen LogP contribution in [0.1, 0.15) is 32.6 Å². The van der Waals surface area contributed by atoms with Gasteiger partial charge in [0.15, 0.2) is 15.9 Å². The lowest BCUT2D eigenvalue weighted by atomic mass is 10.2. The molecule has 23 heavy (non-hydrogen) atoms. The number of likely N-dealkylation sites (tertiary alicyclic amines) is 1. The number of rotatable bonds is 4. The Morgan fingerprint density at radius 1 is 1.00 bits per heavy atom. The second-order valence-corrected chi connectivity index (χ2v) is 8.60. The Labute approximate surface area is 137 Å². The van der Waals surface area contributed by atoms with Crippen molar-refractivity contribution in [3.63, 3.8) is 0 Å². The summed E-state index contributed by atoms with van der Waals surface area (Å²) in [5.41, 5.74) is 0. The number of esters is 1. The molecule has 0 aromatic rings. The zero-order valence-corrected chi connectivity index (χ0v) is 14.5. The fraction of sp³-hybridized carbons (Fsp3) is 0.867. The summed E-state index contributed by atoms with van der Waals surface area (Å²) in [7, 11) is -2.96. The third-order valence-corrected chi connectivity index (χ3v) is 5.97. The normalized spacial score (nSPS) is 23.8. The molecular formula is C15H26N2O5S. The molecule has 0 spiro atoms. The second-order valence-electron chi connectivity index (χ2n) is 6.30. The van der Waals surface area contributed by atoms with Gasteiger partial charge in [0, 0.05) is 26.2 Å². The van der Waals surface area contributed by atoms with Crippen molar-refractivity contribution in [2.24, 2.45) is 0 Å². The minimum absolute atomic E-state index is 0.0349. The van der Waals surface area contributed by atoms with Gasteiger partial charge in [0.1, 0.15) is 0 Å². The summed E-state index contributed by atoms with van der Waals surface area (Å²) in [5.74, 6) is -0.466. The Hall–Kier alpha value is -1.15. The standard InChI is InChI=1S/C15H26N2O5S/c1-13(15(19)17-6-4-2-3-5-7-17)22-14(18)12-16-8-10-23(20,21)11-9-16/h13H,2-12H2,1H3. The molecule has 0 aromatic carbocycles. The van der Waals surface area contributed by atoms with Gasteiger partial charge in [-0.15, -0.1) is 0 Å². The highest BCUT2D eigenvalue weighted by Gasteiger charge is 2.27. The molecule has 0 aliphatic carbocycles. The summed E-state index contributed by atoms with van der Waals surface area (Å²) in [6, 6.07) is 0. The highest BCUT2D eigenvalue weighted by atomic mass is 32.2. The molecule has 0 bridgehead atoms. The first-order valence-corrected chi connectivity index (χ1v) is 10.1. The highest BCUT2D eigenvalue weighted by molar-refractivity contribution is 7.91. The summed E-state index contributed by atoms with van der Waals surface area (Å²) in [6.45, 7) is 3.77.